The van der Waals surface area contributed by atoms with E-state index in [1.54, 1.807) is 31.4 Å². The lowest BCUT2D eigenvalue weighted by molar-refractivity contribution is 0.415. The fourth-order valence-corrected chi connectivity index (χ4v) is 4.41. The summed E-state index contributed by atoms with van der Waals surface area (Å²) in [6.45, 7) is 1.94. The zero-order valence-electron chi connectivity index (χ0n) is 16.8. The normalized spacial score (nSPS) is 11.3. The number of hydrogen-bond donors (Lipinski definition) is 1. The molecule has 0 atom stereocenters. The lowest BCUT2D eigenvalue weighted by Gasteiger charge is -2.07. The molecule has 0 saturated heterocycles. The lowest BCUT2D eigenvalue weighted by Crippen LogP contribution is -2.05. The van der Waals surface area contributed by atoms with Crippen LogP contribution in [0.5, 0.6) is 5.75 Å². The minimum absolute atomic E-state index is 0.0136. The zero-order valence-corrected chi connectivity index (χ0v) is 18.4. The highest BCUT2D eigenvalue weighted by Crippen LogP contribution is 2.35. The predicted octanol–water partition coefficient (Wildman–Crippen LogP) is 5.89. The molecule has 3 aromatic carbocycles. The van der Waals surface area contributed by atoms with Gasteiger partial charge < -0.3 is 14.5 Å². The van der Waals surface area contributed by atoms with Gasteiger partial charge in [-0.25, -0.2) is 8.42 Å². The molecule has 1 aromatic heterocycles. The average molecular weight is 455 g/mol. The number of oxazole rings is 1. The van der Waals surface area contributed by atoms with Crippen molar-refractivity contribution in [3.8, 4) is 17.2 Å². The van der Waals surface area contributed by atoms with Crippen molar-refractivity contribution >= 4 is 33.0 Å². The van der Waals surface area contributed by atoms with Gasteiger partial charge in [0.1, 0.15) is 5.75 Å². The monoisotopic (exact) mass is 454 g/mol. The highest BCUT2D eigenvalue weighted by atomic mass is 35.5. The number of anilines is 2. The first-order chi connectivity index (χ1) is 14.9. The maximum atomic E-state index is 13.4. The van der Waals surface area contributed by atoms with Gasteiger partial charge in [-0.3, -0.25) is 0 Å². The quantitative estimate of drug-likeness (QED) is 0.391. The smallest absolute Gasteiger partial charge is 0.238 e. The van der Waals surface area contributed by atoms with Crippen LogP contribution >= 0.6 is 11.6 Å². The number of hydrogen-bond acceptors (Lipinski definition) is 6. The molecule has 0 spiro atoms. The number of methoxy groups -OCH3 is 1. The van der Waals surface area contributed by atoms with E-state index in [9.17, 15) is 8.42 Å². The van der Waals surface area contributed by atoms with E-state index < -0.39 is 9.84 Å². The first-order valence-electron chi connectivity index (χ1n) is 9.36. The summed E-state index contributed by atoms with van der Waals surface area (Å²) in [5.41, 5.74) is 2.27. The molecule has 6 nitrogen and oxygen atoms in total. The predicted molar refractivity (Wildman–Crippen MR) is 120 cm³/mol. The Morgan fingerprint density at radius 1 is 1.00 bits per heavy atom. The zero-order chi connectivity index (χ0) is 22.0. The molecule has 8 heteroatoms. The molecule has 31 heavy (non-hydrogen) atoms. The Morgan fingerprint density at radius 2 is 1.74 bits per heavy atom. The van der Waals surface area contributed by atoms with E-state index in [2.05, 4.69) is 10.3 Å². The number of rotatable bonds is 6. The van der Waals surface area contributed by atoms with Crippen LogP contribution in [0.1, 0.15) is 5.56 Å². The van der Waals surface area contributed by atoms with Crippen molar-refractivity contribution in [2.24, 2.45) is 0 Å². The fourth-order valence-electron chi connectivity index (χ4n) is 3.03. The molecule has 0 aliphatic rings. The first kappa shape index (κ1) is 21.0. The largest absolute Gasteiger partial charge is 0.497 e. The van der Waals surface area contributed by atoms with Crippen LogP contribution in [-0.4, -0.2) is 20.5 Å². The Kier molecular flexibility index (Phi) is 5.71. The second-order valence-corrected chi connectivity index (χ2v) is 9.14. The maximum Gasteiger partial charge on any atom is 0.238 e. The number of nitrogens with one attached hydrogen (secondary N) is 1. The molecule has 0 fully saturated rings. The summed E-state index contributed by atoms with van der Waals surface area (Å²) in [6, 6.07) is 20.5. The van der Waals surface area contributed by atoms with Crippen LogP contribution in [0.2, 0.25) is 5.02 Å². The van der Waals surface area contributed by atoms with Crippen molar-refractivity contribution in [3.05, 3.63) is 83.4 Å². The van der Waals surface area contributed by atoms with Crippen LogP contribution in [0.15, 0.2) is 87.1 Å². The minimum Gasteiger partial charge on any atom is -0.497 e. The van der Waals surface area contributed by atoms with Gasteiger partial charge in [0.15, 0.2) is 0 Å². The molecule has 0 saturated carbocycles. The highest BCUT2D eigenvalue weighted by Gasteiger charge is 2.29. The number of sulfone groups is 1. The maximum absolute atomic E-state index is 13.4. The van der Waals surface area contributed by atoms with Gasteiger partial charge in [-0.2, -0.15) is 4.98 Å². The average Bonchev–Trinajstić information content (AvgIpc) is 3.19. The Hall–Kier alpha value is -3.29. The van der Waals surface area contributed by atoms with Crippen molar-refractivity contribution in [2.45, 2.75) is 16.8 Å². The summed E-state index contributed by atoms with van der Waals surface area (Å²) in [4.78, 5) is 4.41. The van der Waals surface area contributed by atoms with Crippen molar-refractivity contribution in [2.75, 3.05) is 12.4 Å². The van der Waals surface area contributed by atoms with Crippen LogP contribution in [0, 0.1) is 6.92 Å². The molecule has 4 rings (SSSR count). The number of nitrogens with zero attached hydrogens (tertiary/aromatic N) is 1. The molecule has 0 bridgehead atoms. The highest BCUT2D eigenvalue weighted by molar-refractivity contribution is 7.91. The lowest BCUT2D eigenvalue weighted by atomic mass is 10.1. The summed E-state index contributed by atoms with van der Waals surface area (Å²) in [5, 5.41) is 3.25. The number of benzene rings is 3. The Balaban J connectivity index is 1.84. The summed E-state index contributed by atoms with van der Waals surface area (Å²) in [5.74, 6) is 0.826. The van der Waals surface area contributed by atoms with Gasteiger partial charge in [-0.1, -0.05) is 35.4 Å². The van der Waals surface area contributed by atoms with Gasteiger partial charge in [0, 0.05) is 22.3 Å². The Bertz CT molecular complexity index is 1330. The van der Waals surface area contributed by atoms with E-state index in [4.69, 9.17) is 20.8 Å². The topological polar surface area (TPSA) is 81.4 Å². The van der Waals surface area contributed by atoms with Crippen LogP contribution < -0.4 is 10.1 Å². The van der Waals surface area contributed by atoms with Crippen molar-refractivity contribution < 1.29 is 17.6 Å². The van der Waals surface area contributed by atoms with E-state index in [0.29, 0.717) is 22.0 Å². The SMILES string of the molecule is COc1cccc(Nc2oc(-c3cccc(C)c3)nc2S(=O)(=O)c2ccc(Cl)cc2)c1. The van der Waals surface area contributed by atoms with Crippen LogP contribution in [0.3, 0.4) is 0 Å². The molecule has 4 aromatic rings. The Labute approximate surface area is 185 Å². The van der Waals surface area contributed by atoms with E-state index in [0.717, 1.165) is 5.56 Å². The molecule has 1 N–H and O–H groups in total. The first-order valence-corrected chi connectivity index (χ1v) is 11.2. The van der Waals surface area contributed by atoms with Crippen LogP contribution in [0.4, 0.5) is 11.6 Å². The molecule has 0 aliphatic heterocycles. The summed E-state index contributed by atoms with van der Waals surface area (Å²) < 4.78 is 37.9. The third kappa shape index (κ3) is 4.42. The molecular formula is C23H19ClN2O4S. The van der Waals surface area contributed by atoms with Gasteiger partial charge in [0.2, 0.25) is 26.6 Å². The molecule has 158 valence electrons. The van der Waals surface area contributed by atoms with Gasteiger partial charge in [-0.05, 0) is 55.5 Å². The number of aryl methyl sites for hydroxylation is 1. The van der Waals surface area contributed by atoms with Crippen molar-refractivity contribution in [3.63, 3.8) is 0 Å². The third-order valence-electron chi connectivity index (χ3n) is 4.57. The molecule has 0 aliphatic carbocycles. The molecule has 0 amide bonds. The number of halogens is 1. The molecular weight excluding hydrogens is 436 g/mol. The van der Waals surface area contributed by atoms with Gasteiger partial charge in [0.05, 0.1) is 12.0 Å². The van der Waals surface area contributed by atoms with Gasteiger partial charge in [0.25, 0.3) is 0 Å². The van der Waals surface area contributed by atoms with E-state index in [-0.39, 0.29) is 21.7 Å². The third-order valence-corrected chi connectivity index (χ3v) is 6.50. The second kappa shape index (κ2) is 8.45. The Morgan fingerprint density at radius 3 is 2.45 bits per heavy atom. The van der Waals surface area contributed by atoms with Crippen molar-refractivity contribution in [1.29, 1.82) is 0 Å². The molecule has 0 unspecified atom stereocenters. The second-order valence-electron chi connectivity index (χ2n) is 6.84. The van der Waals surface area contributed by atoms with Crippen LogP contribution in [-0.2, 0) is 9.84 Å². The molecule has 0 radical (unpaired) electrons. The summed E-state index contributed by atoms with van der Waals surface area (Å²) in [6.07, 6.45) is 0. The van der Waals surface area contributed by atoms with Crippen molar-refractivity contribution in [1.82, 2.24) is 4.98 Å². The molecule has 1 heterocycles. The summed E-state index contributed by atoms with van der Waals surface area (Å²) in [7, 11) is -2.42. The summed E-state index contributed by atoms with van der Waals surface area (Å²) >= 11 is 5.92. The van der Waals surface area contributed by atoms with E-state index >= 15 is 0 Å². The van der Waals surface area contributed by atoms with Gasteiger partial charge in [-0.15, -0.1) is 0 Å². The fraction of sp³-hybridized carbons (Fsp3) is 0.0870. The van der Waals surface area contributed by atoms with E-state index in [1.807, 2.05) is 31.2 Å². The number of aromatic nitrogens is 1. The van der Waals surface area contributed by atoms with Gasteiger partial charge >= 0.3 is 0 Å². The van der Waals surface area contributed by atoms with E-state index in [1.165, 1.54) is 24.3 Å². The number of ether oxygens (including phenoxy) is 1. The minimum atomic E-state index is -3.98. The van der Waals surface area contributed by atoms with Crippen LogP contribution in [0.25, 0.3) is 11.5 Å². The standard InChI is InChI=1S/C23H19ClN2O4S/c1-15-5-3-6-16(13-15)21-26-23(31(27,28)20-11-9-17(24)10-12-20)22(30-21)25-18-7-4-8-19(14-18)29-2/h3-14,25H,1-2H3.